The minimum absolute atomic E-state index is 0.317. The number of methoxy groups -OCH3 is 1. The van der Waals surface area contributed by atoms with Gasteiger partial charge in [-0.05, 0) is 44.5 Å². The molecular weight excluding hydrogens is 318 g/mol. The summed E-state index contributed by atoms with van der Waals surface area (Å²) in [6.07, 6.45) is 5.62. The highest BCUT2D eigenvalue weighted by atomic mass is 16.5. The zero-order chi connectivity index (χ0) is 18.0. The van der Waals surface area contributed by atoms with Crippen LogP contribution in [0.5, 0.6) is 0 Å². The molecule has 2 aromatic rings. The number of esters is 1. The molecule has 0 bridgehead atoms. The van der Waals surface area contributed by atoms with Crippen LogP contribution in [0, 0.1) is 13.8 Å². The summed E-state index contributed by atoms with van der Waals surface area (Å²) in [6.45, 7) is 5.89. The number of rotatable bonds is 5. The first-order valence-electron chi connectivity index (χ1n) is 8.11. The Bertz CT molecular complexity index is 883. The van der Waals surface area contributed by atoms with Crippen molar-refractivity contribution in [2.24, 2.45) is 4.99 Å². The Labute approximate surface area is 146 Å². The maximum absolute atomic E-state index is 12.1. The van der Waals surface area contributed by atoms with E-state index in [2.05, 4.69) is 15.0 Å². The van der Waals surface area contributed by atoms with Crippen LogP contribution in [-0.4, -0.2) is 35.4 Å². The second kappa shape index (κ2) is 6.84. The average molecular weight is 339 g/mol. The largest absolute Gasteiger partial charge is 0.494 e. The maximum Gasteiger partial charge on any atom is 0.340 e. The topological polar surface area (TPSA) is 79.5 Å². The summed E-state index contributed by atoms with van der Waals surface area (Å²) < 4.78 is 10.6. The average Bonchev–Trinajstić information content (AvgIpc) is 3.28. The first kappa shape index (κ1) is 16.8. The lowest BCUT2D eigenvalue weighted by Gasteiger charge is -2.03. The summed E-state index contributed by atoms with van der Waals surface area (Å²) in [7, 11) is 1.61. The van der Waals surface area contributed by atoms with Gasteiger partial charge in [0.15, 0.2) is 0 Å². The van der Waals surface area contributed by atoms with Crippen molar-refractivity contribution in [3.8, 4) is 0 Å². The predicted molar refractivity (Wildman–Crippen MR) is 96.6 cm³/mol. The Morgan fingerprint density at radius 2 is 2.16 bits per heavy atom. The summed E-state index contributed by atoms with van der Waals surface area (Å²) in [6, 6.07) is 3.87. The van der Waals surface area contributed by atoms with Gasteiger partial charge in [0.1, 0.15) is 11.5 Å². The molecule has 6 nitrogen and oxygen atoms in total. The Morgan fingerprint density at radius 1 is 1.36 bits per heavy atom. The van der Waals surface area contributed by atoms with E-state index in [0.717, 1.165) is 28.4 Å². The minimum Gasteiger partial charge on any atom is -0.494 e. The maximum atomic E-state index is 12.1. The number of nitrogens with one attached hydrogen (secondary N) is 2. The Morgan fingerprint density at radius 3 is 2.80 bits per heavy atom. The number of carbonyl (C=O) groups is 1. The van der Waals surface area contributed by atoms with Crippen LogP contribution in [0.3, 0.4) is 0 Å². The van der Waals surface area contributed by atoms with E-state index in [0.29, 0.717) is 23.6 Å². The highest BCUT2D eigenvalue weighted by Crippen LogP contribution is 2.27. The number of allylic oxidation sites excluding steroid dienone is 1. The van der Waals surface area contributed by atoms with Gasteiger partial charge in [0.25, 0.3) is 0 Å². The van der Waals surface area contributed by atoms with Crippen molar-refractivity contribution in [1.29, 1.82) is 0 Å². The zero-order valence-corrected chi connectivity index (χ0v) is 14.8. The van der Waals surface area contributed by atoms with E-state index < -0.39 is 0 Å². The van der Waals surface area contributed by atoms with E-state index >= 15 is 0 Å². The molecule has 0 unspecified atom stereocenters. The number of carbonyl (C=O) groups excluding carboxylic acids is 1. The molecule has 0 atom stereocenters. The third kappa shape index (κ3) is 3.15. The molecule has 1 aliphatic heterocycles. The normalized spacial score (nSPS) is 15.3. The molecule has 0 aromatic carbocycles. The number of hydrogen-bond donors (Lipinski definition) is 2. The van der Waals surface area contributed by atoms with Crippen molar-refractivity contribution in [2.75, 3.05) is 13.7 Å². The molecule has 0 saturated carbocycles. The molecule has 0 aliphatic carbocycles. The summed E-state index contributed by atoms with van der Waals surface area (Å²) >= 11 is 0. The van der Waals surface area contributed by atoms with Gasteiger partial charge >= 0.3 is 5.97 Å². The minimum atomic E-state index is -0.317. The van der Waals surface area contributed by atoms with E-state index in [1.54, 1.807) is 14.0 Å². The van der Waals surface area contributed by atoms with Crippen LogP contribution in [0.1, 0.15) is 39.9 Å². The summed E-state index contributed by atoms with van der Waals surface area (Å²) in [5, 5.41) is 0. The fourth-order valence-corrected chi connectivity index (χ4v) is 2.87. The highest BCUT2D eigenvalue weighted by molar-refractivity contribution is 6.11. The van der Waals surface area contributed by atoms with Crippen molar-refractivity contribution < 1.29 is 14.3 Å². The number of ether oxygens (including phenoxy) is 2. The zero-order valence-electron chi connectivity index (χ0n) is 14.8. The van der Waals surface area contributed by atoms with Crippen molar-refractivity contribution in [1.82, 2.24) is 9.97 Å². The number of H-pyrrole nitrogens is 2. The van der Waals surface area contributed by atoms with Gasteiger partial charge in [-0.15, -0.1) is 0 Å². The van der Waals surface area contributed by atoms with Gasteiger partial charge in [-0.1, -0.05) is 0 Å². The van der Waals surface area contributed by atoms with Gasteiger partial charge in [-0.2, -0.15) is 0 Å². The number of hydrogen-bond acceptors (Lipinski definition) is 4. The smallest absolute Gasteiger partial charge is 0.340 e. The quantitative estimate of drug-likeness (QED) is 0.818. The van der Waals surface area contributed by atoms with Crippen LogP contribution in [0.2, 0.25) is 0 Å². The van der Waals surface area contributed by atoms with E-state index in [9.17, 15) is 4.79 Å². The lowest BCUT2D eigenvalue weighted by atomic mass is 10.1. The van der Waals surface area contributed by atoms with Gasteiger partial charge in [0, 0.05) is 23.7 Å². The molecule has 0 saturated heterocycles. The Balaban J connectivity index is 1.99. The van der Waals surface area contributed by atoms with Crippen molar-refractivity contribution in [2.45, 2.75) is 20.8 Å². The SMILES string of the molecule is CCOC(=O)c1c(C)[nH]c(/C=C2\N=C(c3ccc[nH]3)C=C2OC)c1C. The van der Waals surface area contributed by atoms with Gasteiger partial charge in [-0.3, -0.25) is 0 Å². The first-order valence-corrected chi connectivity index (χ1v) is 8.11. The van der Waals surface area contributed by atoms with Crippen LogP contribution in [0.4, 0.5) is 0 Å². The van der Waals surface area contributed by atoms with Crippen molar-refractivity contribution >= 4 is 17.8 Å². The number of aliphatic imine (C=N–C) groups is 1. The molecule has 1 aliphatic rings. The monoisotopic (exact) mass is 339 g/mol. The van der Waals surface area contributed by atoms with Crippen molar-refractivity contribution in [3.63, 3.8) is 0 Å². The van der Waals surface area contributed by atoms with E-state index in [1.807, 2.05) is 44.3 Å². The first-order chi connectivity index (χ1) is 12.0. The summed E-state index contributed by atoms with van der Waals surface area (Å²) in [5.41, 5.74) is 5.43. The van der Waals surface area contributed by atoms with Crippen LogP contribution >= 0.6 is 0 Å². The lowest BCUT2D eigenvalue weighted by Crippen LogP contribution is -2.06. The molecule has 0 spiro atoms. The third-order valence-corrected chi connectivity index (χ3v) is 4.09. The number of aromatic nitrogens is 2. The molecule has 6 heteroatoms. The van der Waals surface area contributed by atoms with E-state index in [-0.39, 0.29) is 5.97 Å². The molecule has 0 fully saturated rings. The molecule has 2 aromatic heterocycles. The second-order valence-corrected chi connectivity index (χ2v) is 5.71. The number of aryl methyl sites for hydroxylation is 1. The summed E-state index contributed by atoms with van der Waals surface area (Å²) in [5.74, 6) is 0.358. The van der Waals surface area contributed by atoms with Gasteiger partial charge in [-0.25, -0.2) is 9.79 Å². The molecule has 25 heavy (non-hydrogen) atoms. The van der Waals surface area contributed by atoms with E-state index in [1.165, 1.54) is 0 Å². The fourth-order valence-electron chi connectivity index (χ4n) is 2.87. The molecule has 130 valence electrons. The van der Waals surface area contributed by atoms with Crippen LogP contribution in [-0.2, 0) is 9.47 Å². The highest BCUT2D eigenvalue weighted by Gasteiger charge is 2.21. The second-order valence-electron chi connectivity index (χ2n) is 5.71. The molecule has 2 N–H and O–H groups in total. The Hall–Kier alpha value is -3.02. The van der Waals surface area contributed by atoms with Crippen LogP contribution in [0.15, 0.2) is 40.9 Å². The van der Waals surface area contributed by atoms with Crippen LogP contribution < -0.4 is 0 Å². The van der Waals surface area contributed by atoms with Crippen molar-refractivity contribution in [3.05, 3.63) is 64.1 Å². The Kier molecular flexibility index (Phi) is 4.61. The molecule has 3 heterocycles. The van der Waals surface area contributed by atoms with Gasteiger partial charge < -0.3 is 19.4 Å². The molecular formula is C19H21N3O3. The predicted octanol–water partition coefficient (Wildman–Crippen LogP) is 3.51. The molecule has 0 amide bonds. The van der Waals surface area contributed by atoms with E-state index in [4.69, 9.17) is 9.47 Å². The van der Waals surface area contributed by atoms with Gasteiger partial charge in [0.2, 0.25) is 0 Å². The van der Waals surface area contributed by atoms with Gasteiger partial charge in [0.05, 0.1) is 30.7 Å². The molecule has 3 rings (SSSR count). The number of nitrogens with zero attached hydrogens (tertiary/aromatic N) is 1. The molecule has 0 radical (unpaired) electrons. The lowest BCUT2D eigenvalue weighted by molar-refractivity contribution is 0.0525. The standard InChI is InChI=1S/C19H21N3O3/c1-5-25-19(23)18-11(2)14(21-12(18)3)9-16-17(24-4)10-15(22-16)13-7-6-8-20-13/h6-10,20-21H,5H2,1-4H3/b16-9-. The summed E-state index contributed by atoms with van der Waals surface area (Å²) in [4.78, 5) is 23.1. The fraction of sp³-hybridized carbons (Fsp3) is 0.263. The van der Waals surface area contributed by atoms with Crippen LogP contribution in [0.25, 0.3) is 6.08 Å². The third-order valence-electron chi connectivity index (χ3n) is 4.09. The number of aromatic amines is 2.